The summed E-state index contributed by atoms with van der Waals surface area (Å²) in [6.07, 6.45) is 5.75. The summed E-state index contributed by atoms with van der Waals surface area (Å²) in [6, 6.07) is 13.6. The lowest BCUT2D eigenvalue weighted by Gasteiger charge is -2.22. The lowest BCUT2D eigenvalue weighted by Crippen LogP contribution is -2.34. The number of pyridine rings is 1. The van der Waals surface area contributed by atoms with Gasteiger partial charge in [0.05, 0.1) is 5.69 Å². The molecule has 1 amide bonds. The van der Waals surface area contributed by atoms with Gasteiger partial charge in [0, 0.05) is 42.2 Å². The van der Waals surface area contributed by atoms with Gasteiger partial charge in [0.2, 0.25) is 5.91 Å². The van der Waals surface area contributed by atoms with E-state index in [1.54, 1.807) is 6.20 Å². The number of hydrogen-bond donors (Lipinski definition) is 2. The fourth-order valence-electron chi connectivity index (χ4n) is 4.14. The first-order valence-electron chi connectivity index (χ1n) is 11.1. The predicted octanol–water partition coefficient (Wildman–Crippen LogP) is 4.62. The molecule has 0 saturated carbocycles. The molecule has 1 aromatic heterocycles. The molecule has 0 bridgehead atoms. The van der Waals surface area contributed by atoms with E-state index in [9.17, 15) is 9.59 Å². The van der Waals surface area contributed by atoms with Crippen molar-refractivity contribution >= 4 is 34.3 Å². The van der Waals surface area contributed by atoms with Gasteiger partial charge in [0.1, 0.15) is 5.84 Å². The Morgan fingerprint density at radius 2 is 1.78 bits per heavy atom. The number of rotatable bonds is 6. The number of nitrogens with zero attached hydrogens (tertiary/aromatic N) is 2. The van der Waals surface area contributed by atoms with Crippen LogP contribution in [0.5, 0.6) is 0 Å². The van der Waals surface area contributed by atoms with Crippen LogP contribution >= 0.6 is 0 Å². The largest absolute Gasteiger partial charge is 0.387 e. The van der Waals surface area contributed by atoms with E-state index in [-0.39, 0.29) is 11.5 Å². The van der Waals surface area contributed by atoms with Gasteiger partial charge in [0.25, 0.3) is 5.56 Å². The molecule has 3 N–H and O–H groups in total. The monoisotopic (exact) mass is 428 g/mol. The van der Waals surface area contributed by atoms with E-state index in [1.165, 1.54) is 0 Å². The maximum absolute atomic E-state index is 13.1. The summed E-state index contributed by atoms with van der Waals surface area (Å²) in [6.45, 7) is 5.62. The molecule has 0 fully saturated rings. The Morgan fingerprint density at radius 1 is 1.06 bits per heavy atom. The maximum atomic E-state index is 13.1. The summed E-state index contributed by atoms with van der Waals surface area (Å²) in [4.78, 5) is 34.3. The summed E-state index contributed by atoms with van der Waals surface area (Å²) in [5.74, 6) is 0.460. The second kappa shape index (κ2) is 9.22. The van der Waals surface area contributed by atoms with E-state index in [0.717, 1.165) is 53.7 Å². The van der Waals surface area contributed by atoms with Gasteiger partial charge >= 0.3 is 0 Å². The van der Waals surface area contributed by atoms with Gasteiger partial charge in [-0.3, -0.25) is 9.59 Å². The molecule has 0 unspecified atom stereocenters. The van der Waals surface area contributed by atoms with Crippen molar-refractivity contribution in [1.29, 1.82) is 0 Å². The molecule has 0 radical (unpaired) electrons. The second-order valence-corrected chi connectivity index (χ2v) is 8.12. The van der Waals surface area contributed by atoms with E-state index < -0.39 is 0 Å². The SMILES string of the molecule is CCCN(CCC)C(=O)C1=Cc2ccc(-c3ccc4c(=O)[nH]ccc4c3)cc2N=C(N)C1. The smallest absolute Gasteiger partial charge is 0.255 e. The number of aromatic nitrogens is 1. The van der Waals surface area contributed by atoms with Crippen LogP contribution in [-0.4, -0.2) is 34.7 Å². The fourth-order valence-corrected chi connectivity index (χ4v) is 4.14. The number of benzene rings is 2. The average molecular weight is 429 g/mol. The van der Waals surface area contributed by atoms with Crippen LogP contribution in [0.1, 0.15) is 38.7 Å². The first-order valence-corrected chi connectivity index (χ1v) is 11.1. The minimum atomic E-state index is -0.101. The standard InChI is InChI=1S/C26H28N4O2/c1-3-11-30(12-4-2)26(32)21-14-20-6-5-18(15-23(20)29-24(27)16-21)17-7-8-22-19(13-17)9-10-28-25(22)31/h5-10,13-15H,3-4,11-12,16H2,1-2H3,(H2,27,29)(H,28,31). The van der Waals surface area contributed by atoms with Gasteiger partial charge in [-0.2, -0.15) is 0 Å². The molecule has 0 aliphatic carbocycles. The van der Waals surface area contributed by atoms with Gasteiger partial charge < -0.3 is 15.6 Å². The molecule has 0 saturated heterocycles. The Kier molecular flexibility index (Phi) is 6.21. The average Bonchev–Trinajstić information content (AvgIpc) is 2.95. The number of aromatic amines is 1. The molecule has 2 aromatic carbocycles. The van der Waals surface area contributed by atoms with Crippen LogP contribution in [0.4, 0.5) is 5.69 Å². The maximum Gasteiger partial charge on any atom is 0.255 e. The van der Waals surface area contributed by atoms with Crippen LogP contribution < -0.4 is 11.3 Å². The summed E-state index contributed by atoms with van der Waals surface area (Å²) in [7, 11) is 0. The van der Waals surface area contributed by atoms with Crippen molar-refractivity contribution in [3.63, 3.8) is 0 Å². The number of hydrogen-bond acceptors (Lipinski definition) is 4. The highest BCUT2D eigenvalue weighted by atomic mass is 16.2. The molecular formula is C26H28N4O2. The van der Waals surface area contributed by atoms with Crippen LogP contribution in [0.2, 0.25) is 0 Å². The Morgan fingerprint density at radius 3 is 2.53 bits per heavy atom. The number of nitrogens with one attached hydrogen (secondary N) is 1. The quantitative estimate of drug-likeness (QED) is 0.600. The van der Waals surface area contributed by atoms with Gasteiger partial charge in [-0.05, 0) is 59.7 Å². The molecule has 164 valence electrons. The number of amidine groups is 1. The van der Waals surface area contributed by atoms with E-state index in [4.69, 9.17) is 5.73 Å². The van der Waals surface area contributed by atoms with Crippen LogP contribution in [0, 0.1) is 0 Å². The minimum Gasteiger partial charge on any atom is -0.387 e. The first-order chi connectivity index (χ1) is 15.5. The molecular weight excluding hydrogens is 400 g/mol. The Bertz CT molecular complexity index is 1280. The van der Waals surface area contributed by atoms with Gasteiger partial charge in [-0.15, -0.1) is 0 Å². The third-order valence-corrected chi connectivity index (χ3v) is 5.65. The third-order valence-electron chi connectivity index (χ3n) is 5.65. The zero-order chi connectivity index (χ0) is 22.7. The van der Waals surface area contributed by atoms with Crippen molar-refractivity contribution in [3.05, 3.63) is 70.2 Å². The molecule has 3 aromatic rings. The second-order valence-electron chi connectivity index (χ2n) is 8.12. The first kappa shape index (κ1) is 21.6. The topological polar surface area (TPSA) is 91.5 Å². The normalized spacial score (nSPS) is 13.2. The van der Waals surface area contributed by atoms with Crippen molar-refractivity contribution in [3.8, 4) is 11.1 Å². The van der Waals surface area contributed by atoms with E-state index in [0.29, 0.717) is 23.2 Å². The van der Waals surface area contributed by atoms with Crippen LogP contribution in [0.15, 0.2) is 64.0 Å². The molecule has 32 heavy (non-hydrogen) atoms. The van der Waals surface area contributed by atoms with Crippen molar-refractivity contribution < 1.29 is 4.79 Å². The summed E-state index contributed by atoms with van der Waals surface area (Å²) in [5.41, 5.74) is 10.4. The number of fused-ring (bicyclic) bond motifs is 2. The highest BCUT2D eigenvalue weighted by Gasteiger charge is 2.21. The lowest BCUT2D eigenvalue weighted by molar-refractivity contribution is -0.127. The lowest BCUT2D eigenvalue weighted by atomic mass is 9.99. The molecule has 4 rings (SSSR count). The van der Waals surface area contributed by atoms with E-state index in [2.05, 4.69) is 23.8 Å². The summed E-state index contributed by atoms with van der Waals surface area (Å²) in [5, 5.41) is 1.53. The van der Waals surface area contributed by atoms with Gasteiger partial charge in [-0.25, -0.2) is 4.99 Å². The van der Waals surface area contributed by atoms with Crippen molar-refractivity contribution in [2.75, 3.05) is 13.1 Å². The Labute approximate surface area is 187 Å². The zero-order valence-electron chi connectivity index (χ0n) is 18.5. The van der Waals surface area contributed by atoms with E-state index in [1.807, 2.05) is 53.4 Å². The number of carbonyl (C=O) groups is 1. The number of amides is 1. The van der Waals surface area contributed by atoms with Crippen molar-refractivity contribution in [2.45, 2.75) is 33.1 Å². The molecule has 0 spiro atoms. The molecule has 2 heterocycles. The molecule has 6 heteroatoms. The van der Waals surface area contributed by atoms with Gasteiger partial charge in [0.15, 0.2) is 0 Å². The Balaban J connectivity index is 1.72. The highest BCUT2D eigenvalue weighted by Crippen LogP contribution is 2.32. The molecule has 0 atom stereocenters. The zero-order valence-corrected chi connectivity index (χ0v) is 18.5. The van der Waals surface area contributed by atoms with E-state index >= 15 is 0 Å². The highest BCUT2D eigenvalue weighted by molar-refractivity contribution is 6.05. The number of carbonyl (C=O) groups excluding carboxylic acids is 1. The van der Waals surface area contributed by atoms with Crippen molar-refractivity contribution in [2.24, 2.45) is 10.7 Å². The number of H-pyrrole nitrogens is 1. The Hall–Kier alpha value is -3.67. The molecule has 1 aliphatic heterocycles. The summed E-state index contributed by atoms with van der Waals surface area (Å²) >= 11 is 0. The van der Waals surface area contributed by atoms with Crippen molar-refractivity contribution in [1.82, 2.24) is 9.88 Å². The predicted molar refractivity (Wildman–Crippen MR) is 131 cm³/mol. The number of nitrogens with two attached hydrogens (primary N) is 1. The summed E-state index contributed by atoms with van der Waals surface area (Å²) < 4.78 is 0. The van der Waals surface area contributed by atoms with Crippen LogP contribution in [0.3, 0.4) is 0 Å². The third kappa shape index (κ3) is 4.35. The fraction of sp³-hybridized carbons (Fsp3) is 0.269. The minimum absolute atomic E-state index is 0.0310. The number of aliphatic imine (C=N–C) groups is 1. The van der Waals surface area contributed by atoms with Crippen LogP contribution in [0.25, 0.3) is 28.0 Å². The van der Waals surface area contributed by atoms with Gasteiger partial charge in [-0.1, -0.05) is 32.0 Å². The molecule has 1 aliphatic rings. The van der Waals surface area contributed by atoms with Crippen LogP contribution in [-0.2, 0) is 4.79 Å². The molecule has 6 nitrogen and oxygen atoms in total.